The zero-order valence-electron chi connectivity index (χ0n) is 15.1. The number of benzene rings is 3. The SMILES string of the molecule is O=C([O-])CCc1cccc2c(CCC(=O)[O-])c3ccccc3cc12.[Na+].[Na+]. The number of rotatable bonds is 6. The van der Waals surface area contributed by atoms with Crippen LogP contribution in [0.1, 0.15) is 24.0 Å². The number of carbonyl (C=O) groups excluding carboxylic acids is 2. The molecule has 6 heteroatoms. The number of aryl methyl sites for hydroxylation is 2. The van der Waals surface area contributed by atoms with Crippen LogP contribution in [0.3, 0.4) is 0 Å². The Labute approximate surface area is 196 Å². The van der Waals surface area contributed by atoms with Gasteiger partial charge in [-0.1, -0.05) is 42.5 Å². The summed E-state index contributed by atoms with van der Waals surface area (Å²) in [7, 11) is 0. The van der Waals surface area contributed by atoms with Crippen molar-refractivity contribution in [3.63, 3.8) is 0 Å². The first-order chi connectivity index (χ1) is 11.6. The van der Waals surface area contributed by atoms with E-state index >= 15 is 0 Å². The van der Waals surface area contributed by atoms with E-state index in [1.807, 2.05) is 48.5 Å². The predicted molar refractivity (Wildman–Crippen MR) is 88.1 cm³/mol. The average Bonchev–Trinajstić information content (AvgIpc) is 2.56. The van der Waals surface area contributed by atoms with Gasteiger partial charge in [0.25, 0.3) is 0 Å². The summed E-state index contributed by atoms with van der Waals surface area (Å²) in [6.45, 7) is 0. The molecule has 0 spiro atoms. The van der Waals surface area contributed by atoms with Crippen molar-refractivity contribution < 1.29 is 78.9 Å². The largest absolute Gasteiger partial charge is 1.00 e. The van der Waals surface area contributed by atoms with Crippen LogP contribution in [0.5, 0.6) is 0 Å². The fourth-order valence-corrected chi connectivity index (χ4v) is 3.20. The Kier molecular flexibility index (Phi) is 9.31. The Morgan fingerprint density at radius 3 is 2.04 bits per heavy atom. The minimum absolute atomic E-state index is 0. The number of carboxylic acid groups (broad SMARTS) is 2. The molecule has 0 amide bonds. The maximum absolute atomic E-state index is 10.9. The molecule has 3 aromatic carbocycles. The first-order valence-corrected chi connectivity index (χ1v) is 7.88. The minimum Gasteiger partial charge on any atom is -0.550 e. The van der Waals surface area contributed by atoms with E-state index in [2.05, 4.69) is 0 Å². The second kappa shape index (κ2) is 10.5. The monoisotopic (exact) mass is 366 g/mol. The van der Waals surface area contributed by atoms with Gasteiger partial charge in [0.15, 0.2) is 0 Å². The zero-order valence-corrected chi connectivity index (χ0v) is 19.1. The molecule has 0 saturated heterocycles. The van der Waals surface area contributed by atoms with Crippen LogP contribution in [0.2, 0.25) is 0 Å². The van der Waals surface area contributed by atoms with Crippen LogP contribution in [0.25, 0.3) is 21.5 Å². The van der Waals surface area contributed by atoms with Crippen LogP contribution in [0, 0.1) is 0 Å². The van der Waals surface area contributed by atoms with Crippen molar-refractivity contribution in [1.82, 2.24) is 0 Å². The van der Waals surface area contributed by atoms with Crippen LogP contribution in [0.15, 0.2) is 48.5 Å². The van der Waals surface area contributed by atoms with E-state index in [1.165, 1.54) is 0 Å². The zero-order chi connectivity index (χ0) is 17.1. The second-order valence-corrected chi connectivity index (χ2v) is 5.83. The number of hydrogen-bond acceptors (Lipinski definition) is 4. The maximum atomic E-state index is 10.9. The number of fused-ring (bicyclic) bond motifs is 2. The van der Waals surface area contributed by atoms with Gasteiger partial charge >= 0.3 is 59.1 Å². The van der Waals surface area contributed by atoms with Gasteiger partial charge in [0.05, 0.1) is 0 Å². The Morgan fingerprint density at radius 2 is 1.35 bits per heavy atom. The van der Waals surface area contributed by atoms with Crippen molar-refractivity contribution in [2.75, 3.05) is 0 Å². The van der Waals surface area contributed by atoms with Gasteiger partial charge in [0.2, 0.25) is 0 Å². The third-order valence-corrected chi connectivity index (χ3v) is 4.28. The Hall–Kier alpha value is -0.880. The molecule has 0 fully saturated rings. The summed E-state index contributed by atoms with van der Waals surface area (Å²) in [5, 5.41) is 25.6. The smallest absolute Gasteiger partial charge is 0.550 e. The van der Waals surface area contributed by atoms with Crippen LogP contribution in [-0.4, -0.2) is 11.9 Å². The van der Waals surface area contributed by atoms with Crippen molar-refractivity contribution in [3.8, 4) is 0 Å². The predicted octanol–water partition coefficient (Wildman–Crippen LogP) is -4.63. The topological polar surface area (TPSA) is 80.3 Å². The minimum atomic E-state index is -1.08. The second-order valence-electron chi connectivity index (χ2n) is 5.83. The number of hydrogen-bond donors (Lipinski definition) is 0. The molecule has 0 radical (unpaired) electrons. The number of aliphatic carboxylic acids is 2. The summed E-state index contributed by atoms with van der Waals surface area (Å²) in [5.41, 5.74) is 1.89. The first kappa shape index (κ1) is 23.2. The Bertz CT molecular complexity index is 938. The van der Waals surface area contributed by atoms with Crippen molar-refractivity contribution >= 4 is 33.5 Å². The van der Waals surface area contributed by atoms with Crippen LogP contribution >= 0.6 is 0 Å². The summed E-state index contributed by atoms with van der Waals surface area (Å²) in [4.78, 5) is 21.7. The first-order valence-electron chi connectivity index (χ1n) is 7.88. The van der Waals surface area contributed by atoms with Crippen molar-refractivity contribution in [2.24, 2.45) is 0 Å². The van der Waals surface area contributed by atoms with Gasteiger partial charge in [-0.05, 0) is 64.4 Å². The molecule has 0 atom stereocenters. The molecular formula is C20H16Na2O4. The third-order valence-electron chi connectivity index (χ3n) is 4.28. The van der Waals surface area contributed by atoms with Crippen LogP contribution in [0.4, 0.5) is 0 Å². The van der Waals surface area contributed by atoms with Gasteiger partial charge in [-0.25, -0.2) is 0 Å². The molecule has 122 valence electrons. The molecule has 0 saturated carbocycles. The van der Waals surface area contributed by atoms with E-state index in [0.717, 1.165) is 32.7 Å². The maximum Gasteiger partial charge on any atom is 1.00 e. The third kappa shape index (κ3) is 5.32. The Morgan fingerprint density at radius 1 is 0.731 bits per heavy atom. The summed E-state index contributed by atoms with van der Waals surface area (Å²) in [6.07, 6.45) is 0.675. The average molecular weight is 366 g/mol. The standard InChI is InChI=1S/C20H18O4.2Na/c21-19(22)10-8-13-5-3-7-16-17(9-11-20(23)24)15-6-2-1-4-14(15)12-18(13)16;;/h1-7,12H,8-11H2,(H,21,22)(H,23,24);;/q;2*+1/p-2. The molecule has 0 bridgehead atoms. The van der Waals surface area contributed by atoms with Crippen molar-refractivity contribution in [3.05, 3.63) is 59.7 Å². The molecule has 0 N–H and O–H groups in total. The van der Waals surface area contributed by atoms with E-state index in [1.54, 1.807) is 0 Å². The normalized spacial score (nSPS) is 10.2. The summed E-state index contributed by atoms with van der Waals surface area (Å²) >= 11 is 0. The molecule has 0 aliphatic carbocycles. The summed E-state index contributed by atoms with van der Waals surface area (Å²) < 4.78 is 0. The fourth-order valence-electron chi connectivity index (χ4n) is 3.20. The van der Waals surface area contributed by atoms with Crippen molar-refractivity contribution in [2.45, 2.75) is 25.7 Å². The van der Waals surface area contributed by atoms with E-state index in [4.69, 9.17) is 0 Å². The van der Waals surface area contributed by atoms with Gasteiger partial charge in [-0.15, -0.1) is 0 Å². The molecule has 4 nitrogen and oxygen atoms in total. The number of carbonyl (C=O) groups is 2. The fraction of sp³-hybridized carbons (Fsp3) is 0.200. The molecule has 0 aliphatic rings. The summed E-state index contributed by atoms with van der Waals surface area (Å²) in [6, 6.07) is 15.6. The van der Waals surface area contributed by atoms with E-state index in [9.17, 15) is 19.8 Å². The van der Waals surface area contributed by atoms with Gasteiger partial charge in [0, 0.05) is 11.9 Å². The van der Waals surface area contributed by atoms with Crippen molar-refractivity contribution in [1.29, 1.82) is 0 Å². The molecule has 0 unspecified atom stereocenters. The van der Waals surface area contributed by atoms with Gasteiger partial charge in [0.1, 0.15) is 0 Å². The molecule has 3 aromatic rings. The van der Waals surface area contributed by atoms with Gasteiger partial charge in [-0.2, -0.15) is 0 Å². The molecule has 26 heavy (non-hydrogen) atoms. The number of carboxylic acids is 2. The van der Waals surface area contributed by atoms with E-state index in [-0.39, 0.29) is 72.0 Å². The molecule has 0 aliphatic heterocycles. The molecule has 0 aromatic heterocycles. The van der Waals surface area contributed by atoms with Crippen LogP contribution in [-0.2, 0) is 22.4 Å². The Balaban J connectivity index is 0.00000169. The quantitative estimate of drug-likeness (QED) is 0.325. The van der Waals surface area contributed by atoms with E-state index in [0.29, 0.717) is 12.8 Å². The molecular weight excluding hydrogens is 350 g/mol. The summed E-state index contributed by atoms with van der Waals surface area (Å²) in [5.74, 6) is -2.16. The van der Waals surface area contributed by atoms with Crippen LogP contribution < -0.4 is 69.3 Å². The molecule has 3 rings (SSSR count). The van der Waals surface area contributed by atoms with E-state index < -0.39 is 11.9 Å². The molecule has 0 heterocycles. The van der Waals surface area contributed by atoms with Gasteiger partial charge < -0.3 is 19.8 Å². The van der Waals surface area contributed by atoms with Gasteiger partial charge in [-0.3, -0.25) is 0 Å².